The molecule has 0 aromatic heterocycles. The van der Waals surface area contributed by atoms with Crippen molar-refractivity contribution in [3.63, 3.8) is 0 Å². The Morgan fingerprint density at radius 2 is 2.12 bits per heavy atom. The van der Waals surface area contributed by atoms with Crippen LogP contribution in [0.25, 0.3) is 0 Å². The van der Waals surface area contributed by atoms with Crippen LogP contribution in [0.3, 0.4) is 0 Å². The molecule has 3 nitrogen and oxygen atoms in total. The fourth-order valence-electron chi connectivity index (χ4n) is 1.95. The van der Waals surface area contributed by atoms with E-state index in [1.807, 2.05) is 6.07 Å². The van der Waals surface area contributed by atoms with Crippen LogP contribution in [0.2, 0.25) is 0 Å². The van der Waals surface area contributed by atoms with E-state index in [1.54, 1.807) is 0 Å². The highest BCUT2D eigenvalue weighted by Gasteiger charge is 2.14. The molecule has 0 spiro atoms. The lowest BCUT2D eigenvalue weighted by Gasteiger charge is -2.22. The summed E-state index contributed by atoms with van der Waals surface area (Å²) in [6.45, 7) is 1.95. The van der Waals surface area contributed by atoms with Crippen molar-refractivity contribution in [1.82, 2.24) is 0 Å². The predicted molar refractivity (Wildman–Crippen MR) is 70.4 cm³/mol. The van der Waals surface area contributed by atoms with E-state index in [9.17, 15) is 0 Å². The molecule has 0 radical (unpaired) electrons. The third-order valence-corrected chi connectivity index (χ3v) is 3.28. The first-order valence-corrected chi connectivity index (χ1v) is 6.79. The Morgan fingerprint density at radius 1 is 1.29 bits per heavy atom. The van der Waals surface area contributed by atoms with Gasteiger partial charge >= 0.3 is 0 Å². The highest BCUT2D eigenvalue weighted by molar-refractivity contribution is 9.10. The molecule has 2 N–H and O–H groups in total. The van der Waals surface area contributed by atoms with Gasteiger partial charge in [-0.05, 0) is 42.5 Å². The molecule has 1 aliphatic heterocycles. The van der Waals surface area contributed by atoms with Gasteiger partial charge in [-0.2, -0.15) is 0 Å². The fraction of sp³-hybridized carbons (Fsp3) is 0.538. The summed E-state index contributed by atoms with van der Waals surface area (Å²) in [5, 5.41) is 0. The van der Waals surface area contributed by atoms with Gasteiger partial charge in [-0.15, -0.1) is 0 Å². The van der Waals surface area contributed by atoms with Crippen molar-refractivity contribution >= 4 is 15.9 Å². The summed E-state index contributed by atoms with van der Waals surface area (Å²) in [5.74, 6) is 0. The molecule has 1 fully saturated rings. The molecule has 1 aromatic carbocycles. The van der Waals surface area contributed by atoms with E-state index in [2.05, 4.69) is 28.1 Å². The van der Waals surface area contributed by atoms with Gasteiger partial charge in [0.15, 0.2) is 6.29 Å². The zero-order valence-electron chi connectivity index (χ0n) is 9.82. The van der Waals surface area contributed by atoms with Gasteiger partial charge in [0.1, 0.15) is 0 Å². The van der Waals surface area contributed by atoms with Crippen molar-refractivity contribution in [2.75, 3.05) is 6.61 Å². The van der Waals surface area contributed by atoms with Crippen LogP contribution in [-0.2, 0) is 22.6 Å². The zero-order chi connectivity index (χ0) is 12.1. The van der Waals surface area contributed by atoms with Crippen molar-refractivity contribution < 1.29 is 9.47 Å². The zero-order valence-corrected chi connectivity index (χ0v) is 11.4. The molecule has 1 heterocycles. The van der Waals surface area contributed by atoms with Crippen LogP contribution in [-0.4, -0.2) is 12.9 Å². The summed E-state index contributed by atoms with van der Waals surface area (Å²) in [4.78, 5) is 0. The molecule has 0 amide bonds. The molecule has 1 atom stereocenters. The Bertz CT molecular complexity index is 364. The Kier molecular flexibility index (Phi) is 4.98. The van der Waals surface area contributed by atoms with Gasteiger partial charge in [0.05, 0.1) is 6.61 Å². The number of hydrogen-bond acceptors (Lipinski definition) is 3. The van der Waals surface area contributed by atoms with Crippen LogP contribution >= 0.6 is 15.9 Å². The van der Waals surface area contributed by atoms with E-state index in [4.69, 9.17) is 15.2 Å². The SMILES string of the molecule is NCc1cc(Br)cc(COC2CCCCO2)c1. The lowest BCUT2D eigenvalue weighted by atomic mass is 10.1. The fourth-order valence-corrected chi connectivity index (χ4v) is 2.54. The van der Waals surface area contributed by atoms with E-state index in [1.165, 1.54) is 6.42 Å². The second-order valence-electron chi connectivity index (χ2n) is 4.28. The van der Waals surface area contributed by atoms with E-state index >= 15 is 0 Å². The molecule has 94 valence electrons. The minimum atomic E-state index is -0.0379. The Hall–Kier alpha value is -0.420. The highest BCUT2D eigenvalue weighted by atomic mass is 79.9. The molecule has 17 heavy (non-hydrogen) atoms. The van der Waals surface area contributed by atoms with Gasteiger partial charge in [0, 0.05) is 17.6 Å². The molecule has 1 unspecified atom stereocenters. The predicted octanol–water partition coefficient (Wildman–Crippen LogP) is 2.95. The molecule has 1 saturated heterocycles. The first kappa shape index (κ1) is 13.0. The lowest BCUT2D eigenvalue weighted by molar-refractivity contribution is -0.168. The van der Waals surface area contributed by atoms with Crippen molar-refractivity contribution in [3.8, 4) is 0 Å². The van der Waals surface area contributed by atoms with Gasteiger partial charge in [0.25, 0.3) is 0 Å². The maximum atomic E-state index is 5.74. The summed E-state index contributed by atoms with van der Waals surface area (Å²) < 4.78 is 12.3. The third-order valence-electron chi connectivity index (χ3n) is 2.83. The van der Waals surface area contributed by atoms with Crippen molar-refractivity contribution in [1.29, 1.82) is 0 Å². The quantitative estimate of drug-likeness (QED) is 0.930. The lowest BCUT2D eigenvalue weighted by Crippen LogP contribution is -2.22. The maximum absolute atomic E-state index is 5.74. The number of benzene rings is 1. The van der Waals surface area contributed by atoms with Crippen molar-refractivity contribution in [2.45, 2.75) is 38.7 Å². The molecular weight excluding hydrogens is 282 g/mol. The smallest absolute Gasteiger partial charge is 0.158 e. The second-order valence-corrected chi connectivity index (χ2v) is 5.19. The Labute approximate surface area is 110 Å². The molecule has 1 aliphatic rings. The maximum Gasteiger partial charge on any atom is 0.158 e. The van der Waals surface area contributed by atoms with Crippen molar-refractivity contribution in [2.24, 2.45) is 5.73 Å². The summed E-state index contributed by atoms with van der Waals surface area (Å²) in [6, 6.07) is 6.16. The molecule has 4 heteroatoms. The Morgan fingerprint density at radius 3 is 2.82 bits per heavy atom. The van der Waals surface area contributed by atoms with E-state index in [-0.39, 0.29) is 6.29 Å². The minimum absolute atomic E-state index is 0.0379. The number of hydrogen-bond donors (Lipinski definition) is 1. The van der Waals surface area contributed by atoms with Crippen LogP contribution in [0.1, 0.15) is 30.4 Å². The molecule has 0 bridgehead atoms. The minimum Gasteiger partial charge on any atom is -0.353 e. The van der Waals surface area contributed by atoms with Crippen LogP contribution in [0.4, 0.5) is 0 Å². The molecular formula is C13H18BrNO2. The van der Waals surface area contributed by atoms with Crippen LogP contribution in [0, 0.1) is 0 Å². The number of ether oxygens (including phenoxy) is 2. The molecule has 1 aromatic rings. The van der Waals surface area contributed by atoms with Gasteiger partial charge in [-0.1, -0.05) is 22.0 Å². The summed E-state index contributed by atoms with van der Waals surface area (Å²) >= 11 is 3.48. The van der Waals surface area contributed by atoms with E-state index in [0.29, 0.717) is 13.2 Å². The average Bonchev–Trinajstić information content (AvgIpc) is 2.37. The average molecular weight is 300 g/mol. The summed E-state index contributed by atoms with van der Waals surface area (Å²) in [6.07, 6.45) is 3.30. The van der Waals surface area contributed by atoms with Gasteiger partial charge < -0.3 is 15.2 Å². The van der Waals surface area contributed by atoms with Gasteiger partial charge in [-0.3, -0.25) is 0 Å². The van der Waals surface area contributed by atoms with Crippen molar-refractivity contribution in [3.05, 3.63) is 33.8 Å². The molecule has 0 aliphatic carbocycles. The first-order chi connectivity index (χ1) is 8.28. The molecule has 2 rings (SSSR count). The van der Waals surface area contributed by atoms with Crippen LogP contribution in [0.5, 0.6) is 0 Å². The summed E-state index contributed by atoms with van der Waals surface area (Å²) in [7, 11) is 0. The topological polar surface area (TPSA) is 44.5 Å². The van der Waals surface area contributed by atoms with Crippen LogP contribution in [0.15, 0.2) is 22.7 Å². The van der Waals surface area contributed by atoms with Crippen LogP contribution < -0.4 is 5.73 Å². The second kappa shape index (κ2) is 6.50. The first-order valence-electron chi connectivity index (χ1n) is 5.99. The van der Waals surface area contributed by atoms with Gasteiger partial charge in [-0.25, -0.2) is 0 Å². The Balaban J connectivity index is 1.91. The molecule has 0 saturated carbocycles. The van der Waals surface area contributed by atoms with Gasteiger partial charge in [0.2, 0.25) is 0 Å². The largest absolute Gasteiger partial charge is 0.353 e. The monoisotopic (exact) mass is 299 g/mol. The standard InChI is InChI=1S/C13H18BrNO2/c14-12-6-10(8-15)5-11(7-12)9-17-13-3-1-2-4-16-13/h5-7,13H,1-4,8-9,15H2. The normalized spacial score (nSPS) is 20.5. The number of halogens is 1. The van der Waals surface area contributed by atoms with E-state index in [0.717, 1.165) is 35.0 Å². The highest BCUT2D eigenvalue weighted by Crippen LogP contribution is 2.19. The van der Waals surface area contributed by atoms with E-state index < -0.39 is 0 Å². The summed E-state index contributed by atoms with van der Waals surface area (Å²) in [5.41, 5.74) is 7.89. The number of nitrogens with two attached hydrogens (primary N) is 1. The number of rotatable bonds is 4. The third kappa shape index (κ3) is 4.07.